The van der Waals surface area contributed by atoms with Crippen molar-refractivity contribution in [1.29, 1.82) is 0 Å². The van der Waals surface area contributed by atoms with E-state index in [1.807, 2.05) is 29.6 Å². The van der Waals surface area contributed by atoms with Gasteiger partial charge in [0.05, 0.1) is 16.8 Å². The molecule has 4 aromatic rings. The number of benzene rings is 2. The molecule has 2 aromatic heterocycles. The summed E-state index contributed by atoms with van der Waals surface area (Å²) >= 11 is 1.62. The van der Waals surface area contributed by atoms with Gasteiger partial charge < -0.3 is 10.1 Å². The maximum atomic E-state index is 13.8. The summed E-state index contributed by atoms with van der Waals surface area (Å²) in [6, 6.07) is 14.5. The lowest BCUT2D eigenvalue weighted by atomic mass is 10.0. The minimum absolute atomic E-state index is 0.361. The minimum atomic E-state index is -0.914. The number of esters is 1. The van der Waals surface area contributed by atoms with Gasteiger partial charge in [-0.15, -0.1) is 11.3 Å². The van der Waals surface area contributed by atoms with Gasteiger partial charge in [0.15, 0.2) is 6.61 Å². The second-order valence-corrected chi connectivity index (χ2v) is 8.72. The number of nitrogens with zero attached hydrogens (tertiary/aromatic N) is 1. The first-order valence-electron chi connectivity index (χ1n) is 10.6. The normalized spacial score (nSPS) is 13.8. The fourth-order valence-corrected chi connectivity index (χ4v) is 4.74. The molecule has 34 heavy (non-hydrogen) atoms. The molecule has 170 valence electrons. The molecule has 0 bridgehead atoms. The Morgan fingerprint density at radius 2 is 1.82 bits per heavy atom. The largest absolute Gasteiger partial charge is 0.452 e. The average molecular weight is 477 g/mol. The molecule has 8 heteroatoms. The van der Waals surface area contributed by atoms with Gasteiger partial charge in [-0.3, -0.25) is 4.79 Å². The number of carbonyl (C=O) groups excluding carboxylic acids is 2. The zero-order valence-electron chi connectivity index (χ0n) is 17.8. The quantitative estimate of drug-likeness (QED) is 0.367. The molecule has 0 spiro atoms. The van der Waals surface area contributed by atoms with Gasteiger partial charge in [0.25, 0.3) is 5.91 Å². The smallest absolute Gasteiger partial charge is 0.339 e. The summed E-state index contributed by atoms with van der Waals surface area (Å²) in [7, 11) is 0. The van der Waals surface area contributed by atoms with Crippen LogP contribution in [0.2, 0.25) is 0 Å². The number of nitrogens with one attached hydrogen (secondary N) is 1. The molecule has 0 atom stereocenters. The van der Waals surface area contributed by atoms with Crippen molar-refractivity contribution >= 4 is 51.5 Å². The number of hydrogen-bond donors (Lipinski definition) is 1. The van der Waals surface area contributed by atoms with E-state index in [9.17, 15) is 18.4 Å². The predicted octanol–water partition coefficient (Wildman–Crippen LogP) is 5.86. The molecule has 0 saturated carbocycles. The monoisotopic (exact) mass is 476 g/mol. The van der Waals surface area contributed by atoms with E-state index in [1.165, 1.54) is 6.07 Å². The molecule has 1 amide bonds. The minimum Gasteiger partial charge on any atom is -0.452 e. The molecular formula is C26H18F2N2O3S. The first-order chi connectivity index (χ1) is 16.5. The van der Waals surface area contributed by atoms with Crippen LogP contribution in [0.5, 0.6) is 0 Å². The van der Waals surface area contributed by atoms with Gasteiger partial charge in [-0.2, -0.15) is 0 Å². The molecule has 0 radical (unpaired) electrons. The van der Waals surface area contributed by atoms with Crippen LogP contribution in [-0.2, 0) is 16.0 Å². The fourth-order valence-electron chi connectivity index (χ4n) is 4.05. The third kappa shape index (κ3) is 4.20. The average Bonchev–Trinajstić information content (AvgIpc) is 3.49. The first-order valence-corrected chi connectivity index (χ1v) is 11.5. The summed E-state index contributed by atoms with van der Waals surface area (Å²) in [5, 5.41) is 4.75. The first kappa shape index (κ1) is 21.9. The Balaban J connectivity index is 1.43. The van der Waals surface area contributed by atoms with E-state index in [0.717, 1.165) is 40.3 Å². The van der Waals surface area contributed by atoms with Gasteiger partial charge in [0, 0.05) is 10.3 Å². The molecule has 1 aliphatic rings. The summed E-state index contributed by atoms with van der Waals surface area (Å²) in [5.41, 5.74) is 2.97. The lowest BCUT2D eigenvalue weighted by Crippen LogP contribution is -2.22. The Bertz CT molecular complexity index is 1430. The highest BCUT2D eigenvalue weighted by Crippen LogP contribution is 2.38. The topological polar surface area (TPSA) is 68.3 Å². The molecule has 0 aliphatic heterocycles. The number of ether oxygens (including phenoxy) is 1. The van der Waals surface area contributed by atoms with Crippen LogP contribution < -0.4 is 5.32 Å². The Morgan fingerprint density at radius 1 is 1.03 bits per heavy atom. The van der Waals surface area contributed by atoms with Gasteiger partial charge in [-0.1, -0.05) is 30.3 Å². The number of pyridine rings is 1. The molecule has 5 nitrogen and oxygen atoms in total. The molecule has 2 heterocycles. The van der Waals surface area contributed by atoms with Crippen LogP contribution in [-0.4, -0.2) is 23.5 Å². The van der Waals surface area contributed by atoms with E-state index < -0.39 is 35.8 Å². The van der Waals surface area contributed by atoms with Gasteiger partial charge in [0.1, 0.15) is 17.3 Å². The van der Waals surface area contributed by atoms with Gasteiger partial charge in [-0.25, -0.2) is 18.6 Å². The van der Waals surface area contributed by atoms with Crippen molar-refractivity contribution in [3.8, 4) is 0 Å². The lowest BCUT2D eigenvalue weighted by molar-refractivity contribution is -0.119. The number of anilines is 1. The summed E-state index contributed by atoms with van der Waals surface area (Å²) in [4.78, 5) is 31.3. The number of carbonyl (C=O) groups is 2. The van der Waals surface area contributed by atoms with Crippen molar-refractivity contribution in [2.45, 2.75) is 12.8 Å². The zero-order valence-corrected chi connectivity index (χ0v) is 18.6. The predicted molar refractivity (Wildman–Crippen MR) is 128 cm³/mol. The van der Waals surface area contributed by atoms with E-state index >= 15 is 0 Å². The maximum Gasteiger partial charge on any atom is 0.339 e. The van der Waals surface area contributed by atoms with Gasteiger partial charge in [0.2, 0.25) is 0 Å². The molecule has 0 saturated heterocycles. The highest BCUT2D eigenvalue weighted by Gasteiger charge is 2.28. The highest BCUT2D eigenvalue weighted by molar-refractivity contribution is 7.10. The second-order valence-electron chi connectivity index (χ2n) is 7.74. The Labute approximate surface area is 197 Å². The third-order valence-corrected chi connectivity index (χ3v) is 6.39. The summed E-state index contributed by atoms with van der Waals surface area (Å²) < 4.78 is 32.9. The summed E-state index contributed by atoms with van der Waals surface area (Å²) in [6.07, 6.45) is 3.41. The maximum absolute atomic E-state index is 13.8. The molecule has 5 rings (SSSR count). The Morgan fingerprint density at radius 3 is 2.59 bits per heavy atom. The molecule has 1 aliphatic carbocycles. The van der Waals surface area contributed by atoms with Crippen molar-refractivity contribution in [1.82, 2.24) is 4.98 Å². The number of para-hydroxylation sites is 2. The van der Waals surface area contributed by atoms with E-state index in [1.54, 1.807) is 23.5 Å². The molecule has 1 N–H and O–H groups in total. The molecule has 2 aromatic carbocycles. The number of rotatable bonds is 5. The molecular weight excluding hydrogens is 458 g/mol. The van der Waals surface area contributed by atoms with E-state index in [-0.39, 0.29) is 0 Å². The third-order valence-electron chi connectivity index (χ3n) is 5.57. The summed E-state index contributed by atoms with van der Waals surface area (Å²) in [5.74, 6) is -3.35. The zero-order chi connectivity index (χ0) is 23.7. The van der Waals surface area contributed by atoms with E-state index in [2.05, 4.69) is 11.4 Å². The van der Waals surface area contributed by atoms with Gasteiger partial charge in [-0.05, 0) is 59.7 Å². The number of hydrogen-bond acceptors (Lipinski definition) is 5. The lowest BCUT2D eigenvalue weighted by Gasteiger charge is -2.13. The number of fused-ring (bicyclic) bond motifs is 2. The van der Waals surface area contributed by atoms with Crippen LogP contribution in [0.25, 0.3) is 22.6 Å². The Kier molecular flexibility index (Phi) is 5.90. The van der Waals surface area contributed by atoms with Crippen molar-refractivity contribution in [3.63, 3.8) is 0 Å². The van der Waals surface area contributed by atoms with Crippen LogP contribution in [0.4, 0.5) is 14.5 Å². The Hall–Kier alpha value is -3.91. The van der Waals surface area contributed by atoms with Crippen molar-refractivity contribution in [3.05, 3.63) is 93.3 Å². The van der Waals surface area contributed by atoms with Crippen LogP contribution in [0, 0.1) is 11.6 Å². The molecule has 0 unspecified atom stereocenters. The highest BCUT2D eigenvalue weighted by atomic mass is 32.1. The van der Waals surface area contributed by atoms with Crippen LogP contribution in [0.1, 0.15) is 32.9 Å². The van der Waals surface area contributed by atoms with Crippen molar-refractivity contribution < 1.29 is 23.1 Å². The number of halogens is 2. The molecule has 0 fully saturated rings. The standard InChI is InChI=1S/C26H18F2N2O3S/c27-19-7-3-8-20(28)25(19)30-22(31)14-33-26(32)23-17-6-1-2-9-21(17)29-24-15(10-11-18(23)24)13-16-5-4-12-34-16/h1-9,12-13H,10-11,14H2,(H,30,31)/b15-13+. The van der Waals surface area contributed by atoms with Crippen molar-refractivity contribution in [2.75, 3.05) is 11.9 Å². The van der Waals surface area contributed by atoms with Crippen LogP contribution in [0.15, 0.2) is 60.0 Å². The number of thiophene rings is 1. The van der Waals surface area contributed by atoms with Gasteiger partial charge >= 0.3 is 5.97 Å². The SMILES string of the molecule is O=C(COC(=O)c1c2c(nc3ccccc13)/C(=C/c1cccs1)CC2)Nc1c(F)cccc1F. The second kappa shape index (κ2) is 9.15. The van der Waals surface area contributed by atoms with Crippen molar-refractivity contribution in [2.24, 2.45) is 0 Å². The summed E-state index contributed by atoms with van der Waals surface area (Å²) in [6.45, 7) is -0.685. The van der Waals surface area contributed by atoms with Crippen LogP contribution >= 0.6 is 11.3 Å². The van der Waals surface area contributed by atoms with E-state index in [0.29, 0.717) is 22.9 Å². The fraction of sp³-hybridized carbons (Fsp3) is 0.115. The number of amides is 1. The van der Waals surface area contributed by atoms with E-state index in [4.69, 9.17) is 9.72 Å². The number of aromatic nitrogens is 1. The number of allylic oxidation sites excluding steroid dienone is 1. The van der Waals surface area contributed by atoms with Crippen LogP contribution in [0.3, 0.4) is 0 Å².